The maximum atomic E-state index is 13.0. The molecule has 0 saturated heterocycles. The number of nitrogen functional groups attached to an aromatic ring is 1. The summed E-state index contributed by atoms with van der Waals surface area (Å²) in [4.78, 5) is 12.4. The topological polar surface area (TPSA) is 90.7 Å². The van der Waals surface area contributed by atoms with Crippen molar-refractivity contribution in [2.75, 3.05) is 5.73 Å². The molecule has 0 aliphatic carbocycles. The van der Waals surface area contributed by atoms with Crippen molar-refractivity contribution < 1.29 is 8.91 Å². The van der Waals surface area contributed by atoms with Gasteiger partial charge in [0, 0.05) is 22.3 Å². The van der Waals surface area contributed by atoms with Crippen molar-refractivity contribution in [3.05, 3.63) is 65.6 Å². The molecule has 25 heavy (non-hydrogen) atoms. The lowest BCUT2D eigenvalue weighted by Gasteiger charge is -2.04. The van der Waals surface area contributed by atoms with E-state index in [2.05, 4.69) is 20.1 Å². The summed E-state index contributed by atoms with van der Waals surface area (Å²) in [6.45, 7) is 1.87. The van der Waals surface area contributed by atoms with Gasteiger partial charge in [-0.1, -0.05) is 11.2 Å². The second kappa shape index (κ2) is 5.94. The largest absolute Gasteiger partial charge is 0.368 e. The number of nitrogens with two attached hydrogens (primary N) is 1. The molecule has 3 aromatic heterocycles. The Kier molecular flexibility index (Phi) is 3.61. The highest BCUT2D eigenvalue weighted by molar-refractivity contribution is 5.85. The lowest BCUT2D eigenvalue weighted by molar-refractivity contribution is 0.396. The molecule has 0 spiro atoms. The minimum absolute atomic E-state index is 0.233. The van der Waals surface area contributed by atoms with Gasteiger partial charge in [0.25, 0.3) is 0 Å². The average Bonchev–Trinajstić information content (AvgIpc) is 2.98. The van der Waals surface area contributed by atoms with Crippen LogP contribution in [0.1, 0.15) is 17.1 Å². The summed E-state index contributed by atoms with van der Waals surface area (Å²) < 4.78 is 18.5. The van der Waals surface area contributed by atoms with Crippen LogP contribution in [0.15, 0.2) is 47.1 Å². The van der Waals surface area contributed by atoms with Crippen LogP contribution in [0.2, 0.25) is 0 Å². The molecular formula is C18H14FN5O. The third kappa shape index (κ3) is 3.03. The maximum Gasteiger partial charge on any atom is 0.220 e. The number of rotatable bonds is 3. The van der Waals surface area contributed by atoms with E-state index in [4.69, 9.17) is 10.3 Å². The van der Waals surface area contributed by atoms with Crippen molar-refractivity contribution in [3.63, 3.8) is 0 Å². The molecule has 0 atom stereocenters. The van der Waals surface area contributed by atoms with Gasteiger partial charge in [0.1, 0.15) is 11.3 Å². The van der Waals surface area contributed by atoms with Crippen LogP contribution in [0.3, 0.4) is 0 Å². The van der Waals surface area contributed by atoms with Gasteiger partial charge in [-0.25, -0.2) is 14.4 Å². The molecule has 0 aliphatic rings. The predicted molar refractivity (Wildman–Crippen MR) is 91.2 cm³/mol. The average molecular weight is 335 g/mol. The first kappa shape index (κ1) is 15.2. The van der Waals surface area contributed by atoms with Gasteiger partial charge in [0.2, 0.25) is 5.95 Å². The predicted octanol–water partition coefficient (Wildman–Crippen LogP) is 3.30. The summed E-state index contributed by atoms with van der Waals surface area (Å²) in [6, 6.07) is 10.6. The van der Waals surface area contributed by atoms with Gasteiger partial charge in [0.15, 0.2) is 5.76 Å². The van der Waals surface area contributed by atoms with Crippen molar-refractivity contribution in [1.82, 2.24) is 20.1 Å². The molecule has 4 aromatic rings. The molecule has 0 saturated carbocycles. The van der Waals surface area contributed by atoms with Crippen LogP contribution in [0.25, 0.3) is 22.2 Å². The Balaban J connectivity index is 1.75. The van der Waals surface area contributed by atoms with E-state index < -0.39 is 0 Å². The second-order valence-electron chi connectivity index (χ2n) is 5.73. The first-order valence-electron chi connectivity index (χ1n) is 7.69. The van der Waals surface area contributed by atoms with Gasteiger partial charge in [-0.15, -0.1) is 0 Å². The normalized spacial score (nSPS) is 11.1. The van der Waals surface area contributed by atoms with Crippen molar-refractivity contribution in [2.24, 2.45) is 0 Å². The Morgan fingerprint density at radius 1 is 1.12 bits per heavy atom. The lowest BCUT2D eigenvalue weighted by atomic mass is 10.1. The molecule has 124 valence electrons. The van der Waals surface area contributed by atoms with Crippen LogP contribution in [0.5, 0.6) is 0 Å². The Morgan fingerprint density at radius 3 is 2.76 bits per heavy atom. The van der Waals surface area contributed by atoms with Gasteiger partial charge in [-0.3, -0.25) is 4.98 Å². The number of halogens is 1. The zero-order chi connectivity index (χ0) is 17.4. The van der Waals surface area contributed by atoms with Gasteiger partial charge in [0.05, 0.1) is 18.3 Å². The molecular weight excluding hydrogens is 321 g/mol. The van der Waals surface area contributed by atoms with Crippen LogP contribution >= 0.6 is 0 Å². The molecule has 0 fully saturated rings. The minimum atomic E-state index is -0.370. The fraction of sp³-hybridized carbons (Fsp3) is 0.111. The summed E-state index contributed by atoms with van der Waals surface area (Å²) in [7, 11) is 0. The number of hydrogen-bond acceptors (Lipinski definition) is 6. The van der Waals surface area contributed by atoms with E-state index in [0.717, 1.165) is 27.9 Å². The monoisotopic (exact) mass is 335 g/mol. The number of benzene rings is 1. The summed E-state index contributed by atoms with van der Waals surface area (Å²) in [5.41, 5.74) is 9.60. The van der Waals surface area contributed by atoms with E-state index in [-0.39, 0.29) is 11.8 Å². The quantitative estimate of drug-likeness (QED) is 0.618. The fourth-order valence-corrected chi connectivity index (χ4v) is 2.69. The van der Waals surface area contributed by atoms with Crippen molar-refractivity contribution in [1.29, 1.82) is 0 Å². The molecule has 4 rings (SSSR count). The summed E-state index contributed by atoms with van der Waals surface area (Å²) >= 11 is 0. The number of pyridine rings is 1. The maximum absolute atomic E-state index is 13.0. The SMILES string of the molecule is Cc1cc(-c2ccc3noc(Cc4ccc(F)cn4)c3c2)nc(N)n1. The standard InChI is InChI=1S/C18H14FN5O/c1-10-6-16(23-18(20)22-10)11-2-5-15-14(7-11)17(25-24-15)8-13-4-3-12(19)9-21-13/h2-7,9H,8H2,1H3,(H2,20,22,23). The smallest absolute Gasteiger partial charge is 0.220 e. The van der Waals surface area contributed by atoms with Crippen molar-refractivity contribution in [3.8, 4) is 11.3 Å². The summed E-state index contributed by atoms with van der Waals surface area (Å²) in [6.07, 6.45) is 1.61. The van der Waals surface area contributed by atoms with Crippen LogP contribution < -0.4 is 5.73 Å². The highest BCUT2D eigenvalue weighted by Crippen LogP contribution is 2.27. The molecule has 3 heterocycles. The van der Waals surface area contributed by atoms with Crippen LogP contribution in [-0.4, -0.2) is 20.1 Å². The van der Waals surface area contributed by atoms with E-state index in [0.29, 0.717) is 17.9 Å². The van der Waals surface area contributed by atoms with E-state index in [1.165, 1.54) is 12.3 Å². The Morgan fingerprint density at radius 2 is 2.00 bits per heavy atom. The molecule has 7 heteroatoms. The van der Waals surface area contributed by atoms with Crippen LogP contribution in [-0.2, 0) is 6.42 Å². The number of aromatic nitrogens is 4. The summed E-state index contributed by atoms with van der Waals surface area (Å²) in [5.74, 6) is 0.524. The Labute approximate surface area is 142 Å². The molecule has 1 aromatic carbocycles. The highest BCUT2D eigenvalue weighted by atomic mass is 19.1. The van der Waals surface area contributed by atoms with Gasteiger partial charge >= 0.3 is 0 Å². The number of fused-ring (bicyclic) bond motifs is 1. The van der Waals surface area contributed by atoms with E-state index in [1.54, 1.807) is 6.07 Å². The van der Waals surface area contributed by atoms with E-state index in [9.17, 15) is 4.39 Å². The van der Waals surface area contributed by atoms with Crippen molar-refractivity contribution in [2.45, 2.75) is 13.3 Å². The Hall–Kier alpha value is -3.35. The molecule has 2 N–H and O–H groups in total. The third-order valence-electron chi connectivity index (χ3n) is 3.85. The summed E-state index contributed by atoms with van der Waals surface area (Å²) in [5, 5.41) is 4.93. The van der Waals surface area contributed by atoms with Crippen molar-refractivity contribution >= 4 is 16.9 Å². The number of hydrogen-bond donors (Lipinski definition) is 1. The van der Waals surface area contributed by atoms with Crippen LogP contribution in [0.4, 0.5) is 10.3 Å². The molecule has 0 bridgehead atoms. The number of nitrogens with zero attached hydrogens (tertiary/aromatic N) is 4. The van der Waals surface area contributed by atoms with Gasteiger partial charge in [-0.2, -0.15) is 0 Å². The fourth-order valence-electron chi connectivity index (χ4n) is 2.69. The molecule has 0 radical (unpaired) electrons. The molecule has 6 nitrogen and oxygen atoms in total. The number of aryl methyl sites for hydroxylation is 1. The van der Waals surface area contributed by atoms with Gasteiger partial charge < -0.3 is 10.3 Å². The molecule has 0 aliphatic heterocycles. The van der Waals surface area contributed by atoms with Gasteiger partial charge in [-0.05, 0) is 37.3 Å². The lowest BCUT2D eigenvalue weighted by Crippen LogP contribution is -1.98. The van der Waals surface area contributed by atoms with E-state index >= 15 is 0 Å². The second-order valence-corrected chi connectivity index (χ2v) is 5.73. The first-order valence-corrected chi connectivity index (χ1v) is 7.69. The molecule has 0 unspecified atom stereocenters. The zero-order valence-electron chi connectivity index (χ0n) is 13.4. The first-order chi connectivity index (χ1) is 12.1. The zero-order valence-corrected chi connectivity index (χ0v) is 13.4. The third-order valence-corrected chi connectivity index (χ3v) is 3.85. The number of anilines is 1. The minimum Gasteiger partial charge on any atom is -0.368 e. The van der Waals surface area contributed by atoms with E-state index in [1.807, 2.05) is 31.2 Å². The van der Waals surface area contributed by atoms with Crippen LogP contribution in [0, 0.1) is 12.7 Å². The molecule has 0 amide bonds. The Bertz CT molecular complexity index is 1040. The highest BCUT2D eigenvalue weighted by Gasteiger charge is 2.12.